The molecule has 3 amide bonds. The molecule has 13 rings (SSSR count). The van der Waals surface area contributed by atoms with E-state index in [2.05, 4.69) is 95.9 Å². The molecule has 6 aromatic rings. The Balaban J connectivity index is 0.000000140. The molecule has 21 heteroatoms. The van der Waals surface area contributed by atoms with E-state index in [-0.39, 0.29) is 66.6 Å². The second-order valence-electron chi connectivity index (χ2n) is 29.0. The summed E-state index contributed by atoms with van der Waals surface area (Å²) in [5, 5.41) is 43.4. The maximum absolute atomic E-state index is 12.4. The van der Waals surface area contributed by atoms with E-state index < -0.39 is 8.32 Å². The van der Waals surface area contributed by atoms with Crippen molar-refractivity contribution >= 4 is 76.4 Å². The summed E-state index contributed by atoms with van der Waals surface area (Å²) < 4.78 is 22.6. The molecule has 3 aromatic carbocycles. The van der Waals surface area contributed by atoms with Gasteiger partial charge in [-0.05, 0) is 164 Å². The van der Waals surface area contributed by atoms with E-state index in [0.717, 1.165) is 140 Å². The predicted octanol–water partition coefficient (Wildman–Crippen LogP) is 10.8. The molecule has 4 saturated carbocycles. The molecule has 4 aliphatic carbocycles. The second-order valence-corrected chi connectivity index (χ2v) is 33.8. The standard InChI is InChI=1S/C25H40N4O3Si.C25H36N4O2.C19H26N4O3/c1-17-7-12-22-21(13-17)24(28-31-22)26-14-23(30)27-18-15-29(16-18)19-8-10-20(11-9-19)32-33(5,6)25(2,3)4;1-17-7-12-23-22(13-17)25(28-31-23)26-14-24(30)27-20-15-29(16-20)21-10-8-19(9-11-21)18-5-3-2-4-6-18;1-12-2-7-17-16(8-12)19(22-26-17)20-9-18(25)21-13-10-23(11-13)14-3-5-15(24)6-4-14/h7,12-13,18-20H,8-11,14-16H2,1-6H3,(H,26,28)(H,27,30);7,12-13,18-21H,2-6,8-11,14-16H2,1H3,(H,26,28)(H,27,30);2,7-8,13-15,24H,3-6,9-11H2,1H3,(H,20,22)(H,21,25). The highest BCUT2D eigenvalue weighted by atomic mass is 28.4. The SMILES string of the molecule is Cc1ccc2onc(NCC(=O)NC3CN(C4CCC(C5CCCCC5)CC4)C3)c2c1.Cc1ccc2onc(NCC(=O)NC3CN(C4CCC(O)CC4)C3)c2c1.Cc1ccc2onc(NCC(=O)NC3CN(C4CCC(O[Si](C)(C)C(C)(C)C)CC4)C3)c2c1. The van der Waals surface area contributed by atoms with Gasteiger partial charge in [0.15, 0.2) is 42.5 Å². The first-order valence-electron chi connectivity index (χ1n) is 34.0. The summed E-state index contributed by atoms with van der Waals surface area (Å²) in [6, 6.07) is 20.3. The molecular weight excluding hydrogens is 1150 g/mol. The number of anilines is 3. The molecule has 0 radical (unpaired) electrons. The molecule has 6 heterocycles. The minimum absolute atomic E-state index is 0.00469. The Morgan fingerprint density at radius 1 is 0.500 bits per heavy atom. The molecule has 0 bridgehead atoms. The fraction of sp³-hybridized carbons (Fsp3) is 0.652. The van der Waals surface area contributed by atoms with Gasteiger partial charge in [-0.1, -0.05) is 103 Å². The van der Waals surface area contributed by atoms with Gasteiger partial charge in [-0.3, -0.25) is 29.1 Å². The van der Waals surface area contributed by atoms with Crippen LogP contribution in [0.1, 0.15) is 147 Å². The Morgan fingerprint density at radius 2 is 0.833 bits per heavy atom. The van der Waals surface area contributed by atoms with E-state index in [9.17, 15) is 19.5 Å². The van der Waals surface area contributed by atoms with E-state index in [0.29, 0.717) is 41.2 Å². The number of aliphatic hydroxyl groups excluding tert-OH is 1. The van der Waals surface area contributed by atoms with Crippen molar-refractivity contribution in [2.45, 2.75) is 217 Å². The Morgan fingerprint density at radius 3 is 1.19 bits per heavy atom. The molecule has 0 spiro atoms. The predicted molar refractivity (Wildman–Crippen MR) is 357 cm³/mol. The van der Waals surface area contributed by atoms with Crippen LogP contribution in [0.3, 0.4) is 0 Å². The van der Waals surface area contributed by atoms with Crippen LogP contribution in [0, 0.1) is 32.6 Å². The number of fused-ring (bicyclic) bond motifs is 3. The van der Waals surface area contributed by atoms with Gasteiger partial charge in [0.05, 0.1) is 60.0 Å². The van der Waals surface area contributed by atoms with Gasteiger partial charge < -0.3 is 55.0 Å². The summed E-state index contributed by atoms with van der Waals surface area (Å²) >= 11 is 0. The molecule has 20 nitrogen and oxygen atoms in total. The number of nitrogens with zero attached hydrogens (tertiary/aromatic N) is 6. The van der Waals surface area contributed by atoms with E-state index in [4.69, 9.17) is 18.0 Å². The van der Waals surface area contributed by atoms with Gasteiger partial charge in [0.1, 0.15) is 0 Å². The normalized spacial score (nSPS) is 24.4. The molecular formula is C69H102N12O8Si. The van der Waals surface area contributed by atoms with Crippen molar-refractivity contribution in [3.63, 3.8) is 0 Å². The highest BCUT2D eigenvalue weighted by Crippen LogP contribution is 2.42. The summed E-state index contributed by atoms with van der Waals surface area (Å²) in [4.78, 5) is 44.5. The number of hydrogen-bond donors (Lipinski definition) is 7. The van der Waals surface area contributed by atoms with Crippen molar-refractivity contribution in [1.29, 1.82) is 0 Å². The number of aryl methyl sites for hydroxylation is 3. The molecule has 3 saturated heterocycles. The van der Waals surface area contributed by atoms with Crippen molar-refractivity contribution in [3.05, 3.63) is 71.3 Å². The number of carbonyl (C=O) groups excluding carboxylic acids is 3. The lowest BCUT2D eigenvalue weighted by atomic mass is 9.72. The smallest absolute Gasteiger partial charge is 0.239 e. The number of rotatable bonds is 18. The lowest BCUT2D eigenvalue weighted by Crippen LogP contribution is -2.63. The topological polar surface area (TPSA) is 241 Å². The van der Waals surface area contributed by atoms with Crippen LogP contribution in [-0.2, 0) is 18.8 Å². The molecule has 3 aliphatic heterocycles. The number of amides is 3. The zero-order chi connectivity index (χ0) is 63.1. The van der Waals surface area contributed by atoms with Crippen LogP contribution in [0.4, 0.5) is 17.5 Å². The van der Waals surface area contributed by atoms with Crippen LogP contribution in [0.25, 0.3) is 32.9 Å². The van der Waals surface area contributed by atoms with Gasteiger partial charge in [0.2, 0.25) is 17.7 Å². The van der Waals surface area contributed by atoms with Gasteiger partial charge >= 0.3 is 0 Å². The summed E-state index contributed by atoms with van der Waals surface area (Å²) in [5.74, 6) is 3.85. The van der Waals surface area contributed by atoms with E-state index in [1.807, 2.05) is 75.4 Å². The van der Waals surface area contributed by atoms with Crippen molar-refractivity contribution < 1.29 is 37.5 Å². The highest BCUT2D eigenvalue weighted by molar-refractivity contribution is 6.74. The van der Waals surface area contributed by atoms with Gasteiger partial charge in [-0.15, -0.1) is 0 Å². The number of aromatic nitrogens is 3. The number of aliphatic hydroxyl groups is 1. The lowest BCUT2D eigenvalue weighted by molar-refractivity contribution is -0.122. The van der Waals surface area contributed by atoms with Crippen molar-refractivity contribution in [2.24, 2.45) is 11.8 Å². The number of benzene rings is 3. The molecule has 90 heavy (non-hydrogen) atoms. The summed E-state index contributed by atoms with van der Waals surface area (Å²) in [7, 11) is -1.69. The molecule has 3 aromatic heterocycles. The van der Waals surface area contributed by atoms with Crippen molar-refractivity contribution in [1.82, 2.24) is 46.1 Å². The Kier molecular flexibility index (Phi) is 21.2. The highest BCUT2D eigenvalue weighted by Gasteiger charge is 2.42. The number of carbonyl (C=O) groups is 3. The van der Waals surface area contributed by atoms with E-state index >= 15 is 0 Å². The molecule has 0 atom stereocenters. The summed E-state index contributed by atoms with van der Waals surface area (Å²) in [5.41, 5.74) is 5.58. The van der Waals surface area contributed by atoms with Gasteiger partial charge in [-0.2, -0.15) is 0 Å². The number of likely N-dealkylation sites (tertiary alicyclic amines) is 3. The first-order chi connectivity index (χ1) is 43.2. The number of nitrogens with one attached hydrogen (secondary N) is 6. The second kappa shape index (κ2) is 29.2. The molecule has 7 N–H and O–H groups in total. The quantitative estimate of drug-likeness (QED) is 0.0396. The third-order valence-electron chi connectivity index (χ3n) is 21.1. The van der Waals surface area contributed by atoms with Gasteiger partial charge in [-0.25, -0.2) is 0 Å². The largest absolute Gasteiger partial charge is 0.414 e. The summed E-state index contributed by atoms with van der Waals surface area (Å²) in [6.07, 6.45) is 21.8. The number of hydrogen-bond acceptors (Lipinski definition) is 17. The molecule has 7 aliphatic rings. The zero-order valence-electron chi connectivity index (χ0n) is 54.8. The Hall–Kier alpha value is -6.10. The maximum atomic E-state index is 12.4. The first-order valence-corrected chi connectivity index (χ1v) is 36.9. The molecule has 7 fully saturated rings. The maximum Gasteiger partial charge on any atom is 0.239 e. The average molecular weight is 1260 g/mol. The Labute approximate surface area is 532 Å². The zero-order valence-corrected chi connectivity index (χ0v) is 55.8. The Bertz CT molecular complexity index is 3330. The monoisotopic (exact) mass is 1250 g/mol. The third-order valence-corrected chi connectivity index (χ3v) is 25.7. The van der Waals surface area contributed by atoms with E-state index in [1.54, 1.807) is 0 Å². The molecule has 490 valence electrons. The van der Waals surface area contributed by atoms with Crippen LogP contribution in [-0.4, -0.2) is 169 Å². The van der Waals surface area contributed by atoms with Crippen LogP contribution >= 0.6 is 0 Å². The van der Waals surface area contributed by atoms with Gasteiger partial charge in [0, 0.05) is 63.5 Å². The van der Waals surface area contributed by atoms with Crippen LogP contribution in [0.2, 0.25) is 18.1 Å². The fourth-order valence-electron chi connectivity index (χ4n) is 14.7. The third kappa shape index (κ3) is 16.7. The van der Waals surface area contributed by atoms with Crippen LogP contribution in [0.5, 0.6) is 0 Å². The van der Waals surface area contributed by atoms with Gasteiger partial charge in [0.25, 0.3) is 0 Å². The summed E-state index contributed by atoms with van der Waals surface area (Å²) in [6.45, 7) is 24.0. The fourth-order valence-corrected chi connectivity index (χ4v) is 16.1. The first kappa shape index (κ1) is 65.4. The van der Waals surface area contributed by atoms with Crippen LogP contribution in [0.15, 0.2) is 68.2 Å². The van der Waals surface area contributed by atoms with Crippen molar-refractivity contribution in [2.75, 3.05) is 74.9 Å². The molecule has 0 unspecified atom stereocenters. The average Bonchev–Trinajstić information content (AvgIpc) is 1.49. The lowest BCUT2D eigenvalue weighted by Gasteiger charge is -2.48. The minimum atomic E-state index is -1.69. The minimum Gasteiger partial charge on any atom is -0.414 e. The van der Waals surface area contributed by atoms with E-state index in [1.165, 1.54) is 70.6 Å². The van der Waals surface area contributed by atoms with Crippen molar-refractivity contribution in [3.8, 4) is 0 Å². The van der Waals surface area contributed by atoms with Crippen LogP contribution < -0.4 is 31.9 Å².